The van der Waals surface area contributed by atoms with Gasteiger partial charge >= 0.3 is 23.9 Å². The Labute approximate surface area is 428 Å². The Kier molecular flexibility index (Phi) is 29.2. The average molecular weight is 978 g/mol. The van der Waals surface area contributed by atoms with Gasteiger partial charge in [-0.2, -0.15) is 0 Å². The van der Waals surface area contributed by atoms with Gasteiger partial charge in [0.05, 0.1) is 21.7 Å². The summed E-state index contributed by atoms with van der Waals surface area (Å²) >= 11 is 0. The number of ether oxygens (including phenoxy) is 4. The van der Waals surface area contributed by atoms with E-state index >= 15 is 19.2 Å². The Morgan fingerprint density at radius 2 is 0.391 bits per heavy atom. The number of carbonyl (C=O) groups is 4. The number of rotatable bonds is 40. The lowest BCUT2D eigenvalue weighted by Gasteiger charge is -2.50. The van der Waals surface area contributed by atoms with Gasteiger partial charge in [-0.15, -0.1) is 0 Å². The molecule has 0 saturated carbocycles. The highest BCUT2D eigenvalue weighted by Gasteiger charge is 2.58. The predicted molar refractivity (Wildman–Crippen MR) is 290 cm³/mol. The van der Waals surface area contributed by atoms with Crippen molar-refractivity contribution in [3.8, 4) is 0 Å². The van der Waals surface area contributed by atoms with Crippen molar-refractivity contribution in [1.29, 1.82) is 0 Å². The van der Waals surface area contributed by atoms with Crippen LogP contribution in [0.1, 0.15) is 293 Å². The number of hydrogen-bond acceptors (Lipinski definition) is 8. The van der Waals surface area contributed by atoms with Crippen LogP contribution in [0.3, 0.4) is 0 Å². The Balaban J connectivity index is 8.61. The lowest BCUT2D eigenvalue weighted by Crippen LogP contribution is -2.53. The van der Waals surface area contributed by atoms with Crippen LogP contribution >= 0.6 is 0 Å². The largest absolute Gasteiger partial charge is 0.464 e. The molecule has 0 fully saturated rings. The maximum atomic E-state index is 15.3. The van der Waals surface area contributed by atoms with Gasteiger partial charge in [0.15, 0.2) is 0 Å². The lowest BCUT2D eigenvalue weighted by atomic mass is 9.55. The summed E-state index contributed by atoms with van der Waals surface area (Å²) in [7, 11) is 0. The Bertz CT molecular complexity index is 1240. The first kappa shape index (κ1) is 66.9. The van der Waals surface area contributed by atoms with Crippen LogP contribution in [0.2, 0.25) is 0 Å². The first-order valence-electron chi connectivity index (χ1n) is 29.4. The average Bonchev–Trinajstić information content (AvgIpc) is 3.38. The molecule has 8 nitrogen and oxygen atoms in total. The van der Waals surface area contributed by atoms with Crippen LogP contribution in [0, 0.1) is 48.7 Å². The number of hydrogen-bond donors (Lipinski definition) is 0. The third-order valence-corrected chi connectivity index (χ3v) is 20.8. The van der Waals surface area contributed by atoms with Crippen LogP contribution in [0.4, 0.5) is 0 Å². The van der Waals surface area contributed by atoms with Gasteiger partial charge in [0.2, 0.25) is 0 Å². The Hall–Kier alpha value is -2.12. The minimum atomic E-state index is -1.41. The van der Waals surface area contributed by atoms with E-state index < -0.39 is 27.1 Å². The molecule has 408 valence electrons. The fourth-order valence-electron chi connectivity index (χ4n) is 15.7. The molecule has 0 atom stereocenters. The minimum Gasteiger partial charge on any atom is -0.464 e. The first-order chi connectivity index (χ1) is 32.7. The number of carbonyl (C=O) groups excluding carboxylic acids is 4. The Morgan fingerprint density at radius 1 is 0.246 bits per heavy atom. The van der Waals surface area contributed by atoms with Crippen LogP contribution in [-0.4, -0.2) is 50.3 Å². The van der Waals surface area contributed by atoms with Crippen LogP contribution < -0.4 is 0 Å². The van der Waals surface area contributed by atoms with Gasteiger partial charge in [-0.3, -0.25) is 19.2 Å². The lowest BCUT2D eigenvalue weighted by molar-refractivity contribution is -0.195. The van der Waals surface area contributed by atoms with Crippen molar-refractivity contribution in [3.05, 3.63) is 0 Å². The van der Waals surface area contributed by atoms with Crippen molar-refractivity contribution in [1.82, 2.24) is 0 Å². The molecule has 0 aromatic heterocycles. The zero-order valence-corrected chi connectivity index (χ0v) is 49.6. The van der Waals surface area contributed by atoms with Gasteiger partial charge in [-0.1, -0.05) is 164 Å². The van der Waals surface area contributed by atoms with Crippen molar-refractivity contribution in [2.24, 2.45) is 48.7 Å². The van der Waals surface area contributed by atoms with Crippen LogP contribution in [0.25, 0.3) is 0 Å². The smallest absolute Gasteiger partial charge is 0.312 e. The number of esters is 4. The van der Waals surface area contributed by atoms with E-state index in [1.807, 2.05) is 0 Å². The van der Waals surface area contributed by atoms with Gasteiger partial charge in [0.25, 0.3) is 0 Å². The fourth-order valence-corrected chi connectivity index (χ4v) is 15.7. The second-order valence-electron chi connectivity index (χ2n) is 21.9. The normalized spacial score (nSPS) is 13.6. The molecule has 0 aliphatic rings. The third kappa shape index (κ3) is 12.6. The summed E-state index contributed by atoms with van der Waals surface area (Å²) in [6, 6.07) is 0. The van der Waals surface area contributed by atoms with Crippen LogP contribution in [-0.2, 0) is 38.1 Å². The summed E-state index contributed by atoms with van der Waals surface area (Å²) in [5.41, 5.74) is -5.73. The SMILES string of the molecule is CCCC(CC)(CC)C(CC)(CC)C(=O)OCC(COC(=O)C(CC)(CC)C(CC)(CC)CCC)(COC(=O)C(CC)(CC)C(CC)(CC)CCC)COC(=O)C(CC)(CC)C(CC)(CC)CCC. The van der Waals surface area contributed by atoms with Gasteiger partial charge < -0.3 is 18.9 Å². The molecule has 0 aliphatic heterocycles. The van der Waals surface area contributed by atoms with Crippen molar-refractivity contribution in [2.45, 2.75) is 293 Å². The molecular weight excluding hydrogens is 861 g/mol. The molecule has 0 aliphatic carbocycles. The van der Waals surface area contributed by atoms with Crippen molar-refractivity contribution in [3.63, 3.8) is 0 Å². The standard InChI is InChI=1S/C61H116O8/c1-21-41-54(25-5,26-6)58(33-13,34-14)49(62)66-45-53(46-67-50(63)59(35-15,36-16)55(27-7,28-8)42-22-2,47-68-51(64)60(37-17,38-18)56(29-9,30-10)43-23-3)48-69-52(65)61(39-19,40-20)57(31-11,32-12)44-24-4/h21-48H2,1-20H3. The monoisotopic (exact) mass is 977 g/mol. The quantitative estimate of drug-likeness (QED) is 0.0442. The van der Waals surface area contributed by atoms with E-state index in [2.05, 4.69) is 138 Å². The van der Waals surface area contributed by atoms with Crippen molar-refractivity contribution < 1.29 is 38.1 Å². The first-order valence-corrected chi connectivity index (χ1v) is 29.4. The van der Waals surface area contributed by atoms with E-state index in [0.717, 1.165) is 103 Å². The molecule has 0 aromatic rings. The molecule has 0 N–H and O–H groups in total. The third-order valence-electron chi connectivity index (χ3n) is 20.8. The fraction of sp³-hybridized carbons (Fsp3) is 0.934. The second-order valence-corrected chi connectivity index (χ2v) is 21.9. The topological polar surface area (TPSA) is 105 Å². The van der Waals surface area contributed by atoms with E-state index in [0.29, 0.717) is 51.4 Å². The van der Waals surface area contributed by atoms with E-state index in [1.54, 1.807) is 0 Å². The van der Waals surface area contributed by atoms with E-state index in [9.17, 15) is 0 Å². The van der Waals surface area contributed by atoms with E-state index in [4.69, 9.17) is 18.9 Å². The van der Waals surface area contributed by atoms with Crippen LogP contribution in [0.15, 0.2) is 0 Å². The summed E-state index contributed by atoms with van der Waals surface area (Å²) in [6.07, 6.45) is 18.7. The van der Waals surface area contributed by atoms with Crippen molar-refractivity contribution in [2.75, 3.05) is 26.4 Å². The molecule has 0 radical (unpaired) electrons. The van der Waals surface area contributed by atoms with Crippen LogP contribution in [0.5, 0.6) is 0 Å². The summed E-state index contributed by atoms with van der Waals surface area (Å²) in [4.78, 5) is 61.1. The van der Waals surface area contributed by atoms with E-state index in [-0.39, 0.29) is 72.0 Å². The summed E-state index contributed by atoms with van der Waals surface area (Å²) in [6.45, 7) is 42.0. The molecule has 8 heteroatoms. The molecule has 0 heterocycles. The summed E-state index contributed by atoms with van der Waals surface area (Å²) < 4.78 is 27.0. The van der Waals surface area contributed by atoms with Gasteiger partial charge in [0.1, 0.15) is 31.8 Å². The zero-order chi connectivity index (χ0) is 53.4. The zero-order valence-electron chi connectivity index (χ0n) is 49.6. The highest BCUT2D eigenvalue weighted by Crippen LogP contribution is 2.58. The van der Waals surface area contributed by atoms with Gasteiger partial charge in [0, 0.05) is 0 Å². The maximum Gasteiger partial charge on any atom is 0.312 e. The highest BCUT2D eigenvalue weighted by molar-refractivity contribution is 5.80. The molecule has 0 amide bonds. The van der Waals surface area contributed by atoms with E-state index in [1.165, 1.54) is 0 Å². The minimum absolute atomic E-state index is 0.246. The summed E-state index contributed by atoms with van der Waals surface area (Å²) in [5, 5.41) is 0. The van der Waals surface area contributed by atoms with Gasteiger partial charge in [-0.25, -0.2) is 0 Å². The predicted octanol–water partition coefficient (Wildman–Crippen LogP) is 17.8. The molecular formula is C61H116O8. The second kappa shape index (κ2) is 30.2. The van der Waals surface area contributed by atoms with Gasteiger partial charge in [-0.05, 0) is 150 Å². The molecule has 0 unspecified atom stereocenters. The summed E-state index contributed by atoms with van der Waals surface area (Å²) in [5.74, 6) is -1.17. The van der Waals surface area contributed by atoms with Crippen molar-refractivity contribution >= 4 is 23.9 Å². The Morgan fingerprint density at radius 3 is 0.493 bits per heavy atom. The molecule has 0 saturated heterocycles. The molecule has 0 bridgehead atoms. The molecule has 0 aromatic carbocycles. The molecule has 0 spiro atoms. The molecule has 0 rings (SSSR count). The highest BCUT2D eigenvalue weighted by atomic mass is 16.6. The maximum absolute atomic E-state index is 15.3. The molecule has 69 heavy (non-hydrogen) atoms.